The second-order valence-corrected chi connectivity index (χ2v) is 10.1. The highest BCUT2D eigenvalue weighted by atomic mass is 32.2. The van der Waals surface area contributed by atoms with Crippen LogP contribution in [0, 0.1) is 0 Å². The van der Waals surface area contributed by atoms with E-state index in [1.54, 1.807) is 54.2 Å². The fourth-order valence-corrected chi connectivity index (χ4v) is 5.44. The van der Waals surface area contributed by atoms with Crippen molar-refractivity contribution in [2.24, 2.45) is 0 Å². The van der Waals surface area contributed by atoms with E-state index in [0.29, 0.717) is 24.6 Å². The van der Waals surface area contributed by atoms with Crippen molar-refractivity contribution in [1.29, 1.82) is 0 Å². The molecule has 0 atom stereocenters. The predicted molar refractivity (Wildman–Crippen MR) is 134 cm³/mol. The molecule has 0 bridgehead atoms. The highest BCUT2D eigenvalue weighted by molar-refractivity contribution is 7.98. The Morgan fingerprint density at radius 2 is 1.58 bits per heavy atom. The number of hydrogen-bond acceptors (Lipinski definition) is 5. The molecule has 8 heteroatoms. The molecule has 33 heavy (non-hydrogen) atoms. The van der Waals surface area contributed by atoms with Gasteiger partial charge in [0.2, 0.25) is 5.91 Å². The van der Waals surface area contributed by atoms with Crippen molar-refractivity contribution in [3.05, 3.63) is 90.5 Å². The van der Waals surface area contributed by atoms with E-state index in [0.717, 1.165) is 15.8 Å². The first-order valence-corrected chi connectivity index (χ1v) is 13.3. The van der Waals surface area contributed by atoms with Crippen LogP contribution in [-0.4, -0.2) is 39.8 Å². The number of para-hydroxylation sites is 2. The minimum Gasteiger partial charge on any atom is -0.492 e. The Bertz CT molecular complexity index is 1120. The molecule has 3 aromatic rings. The van der Waals surface area contributed by atoms with Crippen molar-refractivity contribution in [3.63, 3.8) is 0 Å². The van der Waals surface area contributed by atoms with E-state index in [2.05, 4.69) is 17.4 Å². The van der Waals surface area contributed by atoms with Gasteiger partial charge in [0.25, 0.3) is 10.0 Å². The zero-order valence-corrected chi connectivity index (χ0v) is 20.1. The number of carbonyl (C=O) groups excluding carboxylic acids is 1. The molecule has 6 nitrogen and oxygen atoms in total. The zero-order valence-electron chi connectivity index (χ0n) is 18.5. The van der Waals surface area contributed by atoms with Gasteiger partial charge < -0.3 is 10.1 Å². The molecule has 3 rings (SSSR count). The number of rotatable bonds is 12. The van der Waals surface area contributed by atoms with Crippen molar-refractivity contribution in [2.45, 2.75) is 17.6 Å². The Morgan fingerprint density at radius 3 is 2.27 bits per heavy atom. The van der Waals surface area contributed by atoms with E-state index >= 15 is 0 Å². The molecule has 0 aliphatic heterocycles. The van der Waals surface area contributed by atoms with Gasteiger partial charge in [-0.25, -0.2) is 8.42 Å². The van der Waals surface area contributed by atoms with E-state index < -0.39 is 10.0 Å². The minimum absolute atomic E-state index is 0.113. The van der Waals surface area contributed by atoms with Gasteiger partial charge in [-0.2, -0.15) is 11.8 Å². The summed E-state index contributed by atoms with van der Waals surface area (Å²) in [7, 11) is -3.97. The number of sulfonamides is 1. The summed E-state index contributed by atoms with van der Waals surface area (Å²) in [5.74, 6) is 1.61. The Balaban J connectivity index is 1.70. The second-order valence-electron chi connectivity index (χ2n) is 7.11. The molecule has 0 saturated carbocycles. The molecule has 1 N–H and O–H groups in total. The number of hydrogen-bond donors (Lipinski definition) is 1. The van der Waals surface area contributed by atoms with Gasteiger partial charge in [-0.05, 0) is 36.8 Å². The Hall–Kier alpha value is -2.97. The third-order valence-electron chi connectivity index (χ3n) is 4.73. The first-order valence-electron chi connectivity index (χ1n) is 10.7. The van der Waals surface area contributed by atoms with Crippen molar-refractivity contribution in [3.8, 4) is 5.75 Å². The topological polar surface area (TPSA) is 75.7 Å². The molecule has 174 valence electrons. The van der Waals surface area contributed by atoms with Gasteiger partial charge in [0, 0.05) is 18.1 Å². The van der Waals surface area contributed by atoms with E-state index in [-0.39, 0.29) is 17.3 Å². The average molecular weight is 485 g/mol. The maximum absolute atomic E-state index is 13.4. The van der Waals surface area contributed by atoms with E-state index in [1.165, 1.54) is 17.7 Å². The maximum Gasteiger partial charge on any atom is 0.264 e. The van der Waals surface area contributed by atoms with Crippen molar-refractivity contribution < 1.29 is 17.9 Å². The predicted octanol–water partition coefficient (Wildman–Crippen LogP) is 4.33. The largest absolute Gasteiger partial charge is 0.492 e. The smallest absolute Gasteiger partial charge is 0.264 e. The number of thioether (sulfide) groups is 1. The number of benzene rings is 3. The molecular formula is C25H28N2O4S2. The summed E-state index contributed by atoms with van der Waals surface area (Å²) in [6, 6.07) is 25.0. The second kappa shape index (κ2) is 12.3. The lowest BCUT2D eigenvalue weighted by Gasteiger charge is -2.26. The number of ether oxygens (including phenoxy) is 1. The molecule has 0 saturated heterocycles. The molecule has 0 radical (unpaired) electrons. The fourth-order valence-electron chi connectivity index (χ4n) is 3.17. The summed E-state index contributed by atoms with van der Waals surface area (Å²) in [5, 5.41) is 2.84. The van der Waals surface area contributed by atoms with Crippen molar-refractivity contribution in [2.75, 3.05) is 29.8 Å². The third-order valence-corrected chi connectivity index (χ3v) is 7.54. The van der Waals surface area contributed by atoms with E-state index in [4.69, 9.17) is 4.74 Å². The summed E-state index contributed by atoms with van der Waals surface area (Å²) < 4.78 is 33.6. The molecule has 0 heterocycles. The van der Waals surface area contributed by atoms with Crippen LogP contribution in [-0.2, 0) is 20.6 Å². The summed E-state index contributed by atoms with van der Waals surface area (Å²) in [4.78, 5) is 12.9. The summed E-state index contributed by atoms with van der Waals surface area (Å²) in [5.41, 5.74) is 1.55. The Labute approximate surface area is 200 Å². The van der Waals surface area contributed by atoms with Crippen LogP contribution < -0.4 is 14.4 Å². The van der Waals surface area contributed by atoms with Crippen molar-refractivity contribution >= 4 is 33.4 Å². The SMILES string of the molecule is CCOc1ccccc1N(CC(=O)NCCSCc1ccccc1)S(=O)(=O)c1ccccc1. The average Bonchev–Trinajstić information content (AvgIpc) is 2.84. The van der Waals surface area contributed by atoms with Crippen LogP contribution in [0.2, 0.25) is 0 Å². The summed E-state index contributed by atoms with van der Waals surface area (Å²) in [6.45, 7) is 2.31. The quantitative estimate of drug-likeness (QED) is 0.387. The molecule has 0 aliphatic rings. The molecule has 0 aliphatic carbocycles. The molecular weight excluding hydrogens is 456 g/mol. The van der Waals surface area contributed by atoms with Crippen LogP contribution in [0.25, 0.3) is 0 Å². The number of amides is 1. The van der Waals surface area contributed by atoms with Gasteiger partial charge >= 0.3 is 0 Å². The van der Waals surface area contributed by atoms with Crippen LogP contribution in [0.1, 0.15) is 12.5 Å². The van der Waals surface area contributed by atoms with Crippen LogP contribution in [0.15, 0.2) is 89.8 Å². The molecule has 0 spiro atoms. The van der Waals surface area contributed by atoms with Crippen molar-refractivity contribution in [1.82, 2.24) is 5.32 Å². The molecule has 0 aromatic heterocycles. The Kier molecular flexibility index (Phi) is 9.21. The van der Waals surface area contributed by atoms with Crippen LogP contribution in [0.5, 0.6) is 5.75 Å². The van der Waals surface area contributed by atoms with Gasteiger partial charge in [0.05, 0.1) is 17.2 Å². The molecule has 1 amide bonds. The molecule has 0 unspecified atom stereocenters. The normalized spacial score (nSPS) is 11.1. The van der Waals surface area contributed by atoms with Crippen LogP contribution in [0.4, 0.5) is 5.69 Å². The first kappa shape index (κ1) is 24.7. The lowest BCUT2D eigenvalue weighted by molar-refractivity contribution is -0.119. The zero-order chi connectivity index (χ0) is 23.5. The van der Waals surface area contributed by atoms with Gasteiger partial charge in [-0.3, -0.25) is 9.10 Å². The van der Waals surface area contributed by atoms with Gasteiger partial charge in [-0.1, -0.05) is 60.7 Å². The monoisotopic (exact) mass is 484 g/mol. The highest BCUT2D eigenvalue weighted by Crippen LogP contribution is 2.32. The minimum atomic E-state index is -3.97. The molecule has 3 aromatic carbocycles. The lowest BCUT2D eigenvalue weighted by Crippen LogP contribution is -2.41. The lowest BCUT2D eigenvalue weighted by atomic mass is 10.2. The highest BCUT2D eigenvalue weighted by Gasteiger charge is 2.29. The molecule has 0 fully saturated rings. The fraction of sp³-hybridized carbons (Fsp3) is 0.240. The summed E-state index contributed by atoms with van der Waals surface area (Å²) >= 11 is 1.71. The van der Waals surface area contributed by atoms with Gasteiger partial charge in [0.15, 0.2) is 0 Å². The van der Waals surface area contributed by atoms with Gasteiger partial charge in [-0.15, -0.1) is 0 Å². The van der Waals surface area contributed by atoms with Crippen LogP contribution >= 0.6 is 11.8 Å². The van der Waals surface area contributed by atoms with Crippen LogP contribution in [0.3, 0.4) is 0 Å². The number of nitrogens with one attached hydrogen (secondary N) is 1. The standard InChI is InChI=1S/C25H28N2O4S2/c1-2-31-24-16-10-9-15-23(24)27(33(29,30)22-13-7-4-8-14-22)19-25(28)26-17-18-32-20-21-11-5-3-6-12-21/h3-16H,2,17-20H2,1H3,(H,26,28). The third kappa shape index (κ3) is 7.00. The number of carbonyl (C=O) groups is 1. The van der Waals surface area contributed by atoms with Gasteiger partial charge in [0.1, 0.15) is 12.3 Å². The van der Waals surface area contributed by atoms with E-state index in [1.807, 2.05) is 25.1 Å². The Morgan fingerprint density at radius 1 is 0.939 bits per heavy atom. The summed E-state index contributed by atoms with van der Waals surface area (Å²) in [6.07, 6.45) is 0. The number of nitrogens with zero attached hydrogens (tertiary/aromatic N) is 1. The van der Waals surface area contributed by atoms with E-state index in [9.17, 15) is 13.2 Å². The number of anilines is 1. The first-order chi connectivity index (χ1) is 16.0. The maximum atomic E-state index is 13.4.